The number of nitrogens with one attached hydrogen (secondary N) is 1. The molecule has 0 saturated carbocycles. The maximum atomic E-state index is 5.35. The zero-order chi connectivity index (χ0) is 17.1. The largest absolute Gasteiger partial charge is 0.497 e. The lowest BCUT2D eigenvalue weighted by Gasteiger charge is -2.30. The number of thiophene rings is 1. The molecule has 3 aromatic rings. The Morgan fingerprint density at radius 2 is 1.88 bits per heavy atom. The summed E-state index contributed by atoms with van der Waals surface area (Å²) in [5.41, 5.74) is 1.34. The van der Waals surface area contributed by atoms with E-state index in [2.05, 4.69) is 64.8 Å². The molecule has 2 heterocycles. The Bertz CT molecular complexity index is 786. The van der Waals surface area contributed by atoms with Crippen LogP contribution in [0.4, 0.5) is 0 Å². The molecule has 1 aliphatic heterocycles. The molecule has 0 bridgehead atoms. The van der Waals surface area contributed by atoms with Crippen LogP contribution in [-0.2, 0) is 0 Å². The van der Waals surface area contributed by atoms with Gasteiger partial charge in [-0.25, -0.2) is 0 Å². The summed E-state index contributed by atoms with van der Waals surface area (Å²) in [6, 6.07) is 19.9. The average Bonchev–Trinajstić information content (AvgIpc) is 2.89. The van der Waals surface area contributed by atoms with Gasteiger partial charge in [0.1, 0.15) is 5.75 Å². The molecule has 25 heavy (non-hydrogen) atoms. The van der Waals surface area contributed by atoms with Gasteiger partial charge >= 0.3 is 0 Å². The summed E-state index contributed by atoms with van der Waals surface area (Å²) in [5.74, 6) is 0.913. The van der Waals surface area contributed by atoms with Crippen LogP contribution < -0.4 is 10.1 Å². The molecule has 4 rings (SSSR count). The monoisotopic (exact) mass is 352 g/mol. The Hall–Kier alpha value is -1.88. The summed E-state index contributed by atoms with van der Waals surface area (Å²) in [7, 11) is 1.72. The molecule has 1 unspecified atom stereocenters. The third-order valence-corrected chi connectivity index (χ3v) is 6.05. The van der Waals surface area contributed by atoms with E-state index in [1.54, 1.807) is 7.11 Å². The summed E-state index contributed by atoms with van der Waals surface area (Å²) in [5, 5.41) is 4.86. The van der Waals surface area contributed by atoms with Crippen LogP contribution in [0.5, 0.6) is 5.75 Å². The van der Waals surface area contributed by atoms with Crippen molar-refractivity contribution in [3.8, 4) is 5.75 Å². The van der Waals surface area contributed by atoms with Crippen LogP contribution in [0, 0.1) is 0 Å². The molecule has 3 nitrogen and oxygen atoms in total. The Morgan fingerprint density at radius 3 is 2.68 bits per heavy atom. The predicted octanol–water partition coefficient (Wildman–Crippen LogP) is 4.29. The summed E-state index contributed by atoms with van der Waals surface area (Å²) >= 11 is 1.92. The van der Waals surface area contributed by atoms with Crippen LogP contribution in [0.25, 0.3) is 10.1 Å². The molecule has 2 aromatic carbocycles. The maximum absolute atomic E-state index is 5.35. The summed E-state index contributed by atoms with van der Waals surface area (Å²) in [6.07, 6.45) is 1.19. The van der Waals surface area contributed by atoms with E-state index in [9.17, 15) is 0 Å². The first-order valence-electron chi connectivity index (χ1n) is 8.92. The lowest BCUT2D eigenvalue weighted by molar-refractivity contribution is 0.244. The molecule has 1 fully saturated rings. The first kappa shape index (κ1) is 16.6. The summed E-state index contributed by atoms with van der Waals surface area (Å²) in [4.78, 5) is 4.04. The van der Waals surface area contributed by atoms with Gasteiger partial charge in [0, 0.05) is 29.2 Å². The van der Waals surface area contributed by atoms with Crippen molar-refractivity contribution in [1.82, 2.24) is 10.2 Å². The quantitative estimate of drug-likeness (QED) is 0.758. The van der Waals surface area contributed by atoms with Gasteiger partial charge in [0.25, 0.3) is 0 Å². The zero-order valence-corrected chi connectivity index (χ0v) is 15.4. The number of nitrogens with zero attached hydrogens (tertiary/aromatic N) is 1. The first-order valence-corrected chi connectivity index (χ1v) is 9.74. The van der Waals surface area contributed by atoms with E-state index in [0.717, 1.165) is 31.9 Å². The third kappa shape index (κ3) is 3.56. The topological polar surface area (TPSA) is 24.5 Å². The molecular weight excluding hydrogens is 328 g/mol. The van der Waals surface area contributed by atoms with Crippen molar-refractivity contribution in [3.63, 3.8) is 0 Å². The van der Waals surface area contributed by atoms with E-state index in [-0.39, 0.29) is 0 Å². The number of hydrogen-bond acceptors (Lipinski definition) is 4. The second-order valence-corrected chi connectivity index (χ2v) is 7.62. The normalized spacial score (nSPS) is 17.3. The molecule has 1 aliphatic rings. The van der Waals surface area contributed by atoms with Gasteiger partial charge in [-0.2, -0.15) is 0 Å². The van der Waals surface area contributed by atoms with Gasteiger partial charge in [-0.15, -0.1) is 11.3 Å². The van der Waals surface area contributed by atoms with Crippen molar-refractivity contribution in [1.29, 1.82) is 0 Å². The van der Waals surface area contributed by atoms with Gasteiger partial charge in [-0.3, -0.25) is 4.90 Å². The zero-order valence-electron chi connectivity index (χ0n) is 14.6. The number of rotatable bonds is 4. The highest BCUT2D eigenvalue weighted by Gasteiger charge is 2.25. The van der Waals surface area contributed by atoms with E-state index in [0.29, 0.717) is 6.04 Å². The van der Waals surface area contributed by atoms with E-state index in [1.807, 2.05) is 11.3 Å². The second kappa shape index (κ2) is 7.56. The molecular formula is C21H24N2OS. The SMILES string of the molecule is COc1ccc(C(c2cc3ccccc3s2)N2CCCNCC2)cc1. The lowest BCUT2D eigenvalue weighted by atomic mass is 10.0. The highest BCUT2D eigenvalue weighted by molar-refractivity contribution is 7.19. The minimum Gasteiger partial charge on any atom is -0.497 e. The summed E-state index contributed by atoms with van der Waals surface area (Å²) < 4.78 is 6.71. The fourth-order valence-corrected chi connectivity index (χ4v) is 4.83. The van der Waals surface area contributed by atoms with Gasteiger partial charge < -0.3 is 10.1 Å². The van der Waals surface area contributed by atoms with Crippen molar-refractivity contribution in [3.05, 3.63) is 65.0 Å². The van der Waals surface area contributed by atoms with E-state index < -0.39 is 0 Å². The van der Waals surface area contributed by atoms with E-state index >= 15 is 0 Å². The van der Waals surface area contributed by atoms with Gasteiger partial charge in [0.05, 0.1) is 13.2 Å². The van der Waals surface area contributed by atoms with Gasteiger partial charge in [-0.1, -0.05) is 30.3 Å². The van der Waals surface area contributed by atoms with Crippen LogP contribution in [0.3, 0.4) is 0 Å². The molecule has 0 radical (unpaired) electrons. The minimum atomic E-state index is 0.309. The van der Waals surface area contributed by atoms with Crippen molar-refractivity contribution >= 4 is 21.4 Å². The average molecular weight is 353 g/mol. The predicted molar refractivity (Wildman–Crippen MR) is 106 cm³/mol. The van der Waals surface area contributed by atoms with Gasteiger partial charge in [-0.05, 0) is 48.2 Å². The molecule has 0 spiro atoms. The van der Waals surface area contributed by atoms with E-state index in [1.165, 1.54) is 26.9 Å². The summed E-state index contributed by atoms with van der Waals surface area (Å²) in [6.45, 7) is 4.36. The number of hydrogen-bond donors (Lipinski definition) is 1. The fraction of sp³-hybridized carbons (Fsp3) is 0.333. The van der Waals surface area contributed by atoms with Gasteiger partial charge in [0.15, 0.2) is 0 Å². The third-order valence-electron chi connectivity index (χ3n) is 4.89. The Labute approximate surface area is 153 Å². The number of benzene rings is 2. The second-order valence-electron chi connectivity index (χ2n) is 6.50. The molecule has 0 amide bonds. The highest BCUT2D eigenvalue weighted by Crippen LogP contribution is 2.37. The Balaban J connectivity index is 1.75. The van der Waals surface area contributed by atoms with E-state index in [4.69, 9.17) is 4.74 Å². The smallest absolute Gasteiger partial charge is 0.118 e. The van der Waals surface area contributed by atoms with Gasteiger partial charge in [0.2, 0.25) is 0 Å². The standard InChI is InChI=1S/C21H24N2OS/c1-24-18-9-7-16(8-10-18)21(23-13-4-11-22-12-14-23)20-15-17-5-2-3-6-19(17)25-20/h2-3,5-10,15,21-22H,4,11-14H2,1H3. The highest BCUT2D eigenvalue weighted by atomic mass is 32.1. The fourth-order valence-electron chi connectivity index (χ4n) is 3.60. The van der Waals surface area contributed by atoms with Crippen molar-refractivity contribution < 1.29 is 4.74 Å². The maximum Gasteiger partial charge on any atom is 0.118 e. The lowest BCUT2D eigenvalue weighted by Crippen LogP contribution is -2.32. The molecule has 0 aliphatic carbocycles. The van der Waals surface area contributed by atoms with Crippen molar-refractivity contribution in [2.75, 3.05) is 33.3 Å². The Morgan fingerprint density at radius 1 is 1.04 bits per heavy atom. The van der Waals surface area contributed by atoms with Crippen LogP contribution in [0.15, 0.2) is 54.6 Å². The van der Waals surface area contributed by atoms with Crippen LogP contribution >= 0.6 is 11.3 Å². The molecule has 4 heteroatoms. The molecule has 130 valence electrons. The number of fused-ring (bicyclic) bond motifs is 1. The minimum absolute atomic E-state index is 0.309. The molecule has 1 saturated heterocycles. The molecule has 1 N–H and O–H groups in total. The molecule has 1 aromatic heterocycles. The molecule has 1 atom stereocenters. The number of methoxy groups -OCH3 is 1. The van der Waals surface area contributed by atoms with Crippen LogP contribution in [0.1, 0.15) is 22.9 Å². The number of ether oxygens (including phenoxy) is 1. The van der Waals surface area contributed by atoms with Crippen LogP contribution in [0.2, 0.25) is 0 Å². The van der Waals surface area contributed by atoms with Crippen molar-refractivity contribution in [2.45, 2.75) is 12.5 Å². The van der Waals surface area contributed by atoms with Crippen LogP contribution in [-0.4, -0.2) is 38.2 Å². The Kier molecular flexibility index (Phi) is 5.02. The first-order chi connectivity index (χ1) is 12.3. The van der Waals surface area contributed by atoms with Crippen molar-refractivity contribution in [2.24, 2.45) is 0 Å².